The van der Waals surface area contributed by atoms with Gasteiger partial charge in [-0.3, -0.25) is 9.59 Å². The van der Waals surface area contributed by atoms with Crippen molar-refractivity contribution in [3.05, 3.63) is 35.9 Å². The Morgan fingerprint density at radius 2 is 1.85 bits per heavy atom. The topological polar surface area (TPSA) is 84.2 Å². The van der Waals surface area contributed by atoms with Gasteiger partial charge in [-0.05, 0) is 24.3 Å². The fourth-order valence-electron chi connectivity index (χ4n) is 2.02. The number of carbonyl (C=O) groups is 2. The SMILES string of the molecule is NC(CC(=O)NCC(=O)NCc1ccccc1)C1CC1. The highest BCUT2D eigenvalue weighted by molar-refractivity contribution is 5.84. The van der Waals surface area contributed by atoms with Crippen LogP contribution in [0.1, 0.15) is 24.8 Å². The van der Waals surface area contributed by atoms with E-state index in [-0.39, 0.29) is 24.4 Å². The van der Waals surface area contributed by atoms with Crippen molar-refractivity contribution in [3.8, 4) is 0 Å². The second kappa shape index (κ2) is 7.05. The number of nitrogens with one attached hydrogen (secondary N) is 2. The molecule has 0 saturated heterocycles. The van der Waals surface area contributed by atoms with E-state index >= 15 is 0 Å². The molecule has 5 nitrogen and oxygen atoms in total. The van der Waals surface area contributed by atoms with Crippen LogP contribution in [0.2, 0.25) is 0 Å². The normalized spacial score (nSPS) is 15.4. The summed E-state index contributed by atoms with van der Waals surface area (Å²) in [6.07, 6.45) is 2.54. The molecule has 0 aliphatic heterocycles. The Labute approximate surface area is 118 Å². The molecule has 4 N–H and O–H groups in total. The molecule has 1 aromatic carbocycles. The average Bonchev–Trinajstić information content (AvgIpc) is 3.28. The number of nitrogens with two attached hydrogens (primary N) is 1. The fourth-order valence-corrected chi connectivity index (χ4v) is 2.02. The van der Waals surface area contributed by atoms with E-state index in [2.05, 4.69) is 10.6 Å². The van der Waals surface area contributed by atoms with Gasteiger partial charge in [-0.2, -0.15) is 0 Å². The summed E-state index contributed by atoms with van der Waals surface area (Å²) in [5.74, 6) is 0.147. The van der Waals surface area contributed by atoms with Gasteiger partial charge in [0.2, 0.25) is 11.8 Å². The van der Waals surface area contributed by atoms with Gasteiger partial charge >= 0.3 is 0 Å². The van der Waals surface area contributed by atoms with Crippen LogP contribution in [-0.2, 0) is 16.1 Å². The first kappa shape index (κ1) is 14.5. The van der Waals surface area contributed by atoms with Crippen molar-refractivity contribution in [1.29, 1.82) is 0 Å². The van der Waals surface area contributed by atoms with E-state index in [9.17, 15) is 9.59 Å². The third kappa shape index (κ3) is 5.01. The molecule has 108 valence electrons. The summed E-state index contributed by atoms with van der Waals surface area (Å²) < 4.78 is 0. The predicted molar refractivity (Wildman–Crippen MR) is 76.6 cm³/mol. The molecular formula is C15H21N3O2. The van der Waals surface area contributed by atoms with E-state index in [4.69, 9.17) is 5.73 Å². The second-order valence-corrected chi connectivity index (χ2v) is 5.24. The molecule has 0 heterocycles. The molecule has 0 spiro atoms. The third-order valence-electron chi connectivity index (χ3n) is 3.43. The van der Waals surface area contributed by atoms with Gasteiger partial charge in [0.05, 0.1) is 6.54 Å². The van der Waals surface area contributed by atoms with Gasteiger partial charge in [-0.25, -0.2) is 0 Å². The average molecular weight is 275 g/mol. The Kier molecular flexibility index (Phi) is 5.12. The molecule has 2 amide bonds. The molecule has 1 aliphatic rings. The molecule has 1 aromatic rings. The maximum absolute atomic E-state index is 11.6. The Balaban J connectivity index is 1.60. The summed E-state index contributed by atoms with van der Waals surface area (Å²) in [6, 6.07) is 9.57. The van der Waals surface area contributed by atoms with E-state index < -0.39 is 0 Å². The monoisotopic (exact) mass is 275 g/mol. The van der Waals surface area contributed by atoms with Crippen LogP contribution < -0.4 is 16.4 Å². The number of rotatable bonds is 7. The number of benzene rings is 1. The molecule has 1 unspecified atom stereocenters. The molecule has 2 rings (SSSR count). The van der Waals surface area contributed by atoms with Crippen LogP contribution in [0, 0.1) is 5.92 Å². The fraction of sp³-hybridized carbons (Fsp3) is 0.467. The Hall–Kier alpha value is -1.88. The molecule has 0 aromatic heterocycles. The van der Waals surface area contributed by atoms with Crippen LogP contribution in [0.3, 0.4) is 0 Å². The van der Waals surface area contributed by atoms with Crippen LogP contribution in [0.15, 0.2) is 30.3 Å². The number of hydrogen-bond donors (Lipinski definition) is 3. The molecule has 20 heavy (non-hydrogen) atoms. The number of hydrogen-bond acceptors (Lipinski definition) is 3. The van der Waals surface area contributed by atoms with Gasteiger partial charge in [0.1, 0.15) is 0 Å². The first-order valence-electron chi connectivity index (χ1n) is 6.98. The van der Waals surface area contributed by atoms with Gasteiger partial charge < -0.3 is 16.4 Å². The van der Waals surface area contributed by atoms with E-state index in [1.807, 2.05) is 30.3 Å². The third-order valence-corrected chi connectivity index (χ3v) is 3.43. The number of carbonyl (C=O) groups excluding carboxylic acids is 2. The summed E-state index contributed by atoms with van der Waals surface area (Å²) in [5, 5.41) is 5.36. The van der Waals surface area contributed by atoms with Gasteiger partial charge in [0.25, 0.3) is 0 Å². The first-order chi connectivity index (χ1) is 9.65. The van der Waals surface area contributed by atoms with Gasteiger partial charge in [-0.15, -0.1) is 0 Å². The van der Waals surface area contributed by atoms with Crippen molar-refractivity contribution in [2.45, 2.75) is 31.8 Å². The maximum atomic E-state index is 11.6. The van der Waals surface area contributed by atoms with Crippen molar-refractivity contribution < 1.29 is 9.59 Å². The van der Waals surface area contributed by atoms with Gasteiger partial charge in [-0.1, -0.05) is 30.3 Å². The minimum atomic E-state index is -0.192. The van der Waals surface area contributed by atoms with Crippen molar-refractivity contribution in [1.82, 2.24) is 10.6 Å². The lowest BCUT2D eigenvalue weighted by Gasteiger charge is -2.10. The van der Waals surface area contributed by atoms with Crippen LogP contribution in [-0.4, -0.2) is 24.4 Å². The van der Waals surface area contributed by atoms with Crippen LogP contribution in [0.5, 0.6) is 0 Å². The molecule has 1 atom stereocenters. The smallest absolute Gasteiger partial charge is 0.239 e. The lowest BCUT2D eigenvalue weighted by Crippen LogP contribution is -2.39. The first-order valence-corrected chi connectivity index (χ1v) is 6.98. The van der Waals surface area contributed by atoms with Crippen LogP contribution >= 0.6 is 0 Å². The summed E-state index contributed by atoms with van der Waals surface area (Å²) >= 11 is 0. The zero-order valence-corrected chi connectivity index (χ0v) is 11.5. The number of amides is 2. The van der Waals surface area contributed by atoms with Gasteiger partial charge in [0.15, 0.2) is 0 Å². The zero-order chi connectivity index (χ0) is 14.4. The largest absolute Gasteiger partial charge is 0.350 e. The lowest BCUT2D eigenvalue weighted by molar-refractivity contribution is -0.126. The molecule has 0 radical (unpaired) electrons. The van der Waals surface area contributed by atoms with Crippen molar-refractivity contribution in [3.63, 3.8) is 0 Å². The molecule has 1 aliphatic carbocycles. The highest BCUT2D eigenvalue weighted by Gasteiger charge is 2.29. The summed E-state index contributed by atoms with van der Waals surface area (Å²) in [4.78, 5) is 23.2. The minimum absolute atomic E-state index is 0.00303. The van der Waals surface area contributed by atoms with E-state index in [0.717, 1.165) is 18.4 Å². The predicted octanol–water partition coefficient (Wildman–Crippen LogP) is 0.546. The summed E-state index contributed by atoms with van der Waals surface area (Å²) in [6.45, 7) is 0.472. The molecule has 5 heteroatoms. The molecular weight excluding hydrogens is 254 g/mol. The van der Waals surface area contributed by atoms with Gasteiger partial charge in [0, 0.05) is 19.0 Å². The Morgan fingerprint density at radius 1 is 1.15 bits per heavy atom. The molecule has 0 bridgehead atoms. The van der Waals surface area contributed by atoms with Crippen molar-refractivity contribution in [2.24, 2.45) is 11.7 Å². The van der Waals surface area contributed by atoms with Crippen LogP contribution in [0.4, 0.5) is 0 Å². The van der Waals surface area contributed by atoms with Crippen LogP contribution in [0.25, 0.3) is 0 Å². The van der Waals surface area contributed by atoms with E-state index in [0.29, 0.717) is 18.9 Å². The highest BCUT2D eigenvalue weighted by Crippen LogP contribution is 2.32. The molecule has 1 fully saturated rings. The quantitative estimate of drug-likeness (QED) is 0.679. The molecule has 1 saturated carbocycles. The minimum Gasteiger partial charge on any atom is -0.350 e. The van der Waals surface area contributed by atoms with E-state index in [1.165, 1.54) is 0 Å². The maximum Gasteiger partial charge on any atom is 0.239 e. The Bertz CT molecular complexity index is 457. The summed E-state index contributed by atoms with van der Waals surface area (Å²) in [7, 11) is 0. The standard InChI is InChI=1S/C15H21N3O2/c16-13(12-6-7-12)8-14(19)18-10-15(20)17-9-11-4-2-1-3-5-11/h1-5,12-13H,6-10,16H2,(H,17,20)(H,18,19). The summed E-state index contributed by atoms with van der Waals surface area (Å²) in [5.41, 5.74) is 6.89. The zero-order valence-electron chi connectivity index (χ0n) is 11.5. The van der Waals surface area contributed by atoms with Crippen molar-refractivity contribution in [2.75, 3.05) is 6.54 Å². The van der Waals surface area contributed by atoms with E-state index in [1.54, 1.807) is 0 Å². The Morgan fingerprint density at radius 3 is 2.50 bits per heavy atom. The second-order valence-electron chi connectivity index (χ2n) is 5.24. The van der Waals surface area contributed by atoms with Crippen molar-refractivity contribution >= 4 is 11.8 Å². The highest BCUT2D eigenvalue weighted by atomic mass is 16.2. The lowest BCUT2D eigenvalue weighted by atomic mass is 10.1.